The molecule has 0 aromatic carbocycles. The average molecular weight is 142 g/mol. The third-order valence-corrected chi connectivity index (χ3v) is 0.865. The van der Waals surface area contributed by atoms with Crippen LogP contribution in [0.5, 0.6) is 0 Å². The number of carbonyl (C=O) groups is 2. The van der Waals surface area contributed by atoms with Crippen molar-refractivity contribution in [1.82, 2.24) is 0 Å². The molecule has 56 valence electrons. The molecule has 0 radical (unpaired) electrons. The molecule has 0 fully saturated rings. The van der Waals surface area contributed by atoms with Gasteiger partial charge in [0.2, 0.25) is 0 Å². The van der Waals surface area contributed by atoms with Crippen molar-refractivity contribution in [3.05, 3.63) is 12.7 Å². The first-order valence-corrected chi connectivity index (χ1v) is 2.95. The lowest BCUT2D eigenvalue weighted by molar-refractivity contribution is -0.138. The molecule has 0 bridgehead atoms. The first-order chi connectivity index (χ1) is 4.66. The zero-order valence-electron chi connectivity index (χ0n) is 5.92. The highest BCUT2D eigenvalue weighted by molar-refractivity contribution is 5.81. The monoisotopic (exact) mass is 142 g/mol. The maximum absolute atomic E-state index is 10.3. The SMILES string of the molecule is C=CC(=O)OCCC(C)=O. The van der Waals surface area contributed by atoms with Crippen molar-refractivity contribution in [2.75, 3.05) is 6.61 Å². The number of ether oxygens (including phenoxy) is 1. The van der Waals surface area contributed by atoms with Crippen molar-refractivity contribution in [2.24, 2.45) is 0 Å². The van der Waals surface area contributed by atoms with Crippen LogP contribution in [0.2, 0.25) is 0 Å². The number of ketones is 1. The molecule has 0 N–H and O–H groups in total. The first kappa shape index (κ1) is 8.88. The van der Waals surface area contributed by atoms with E-state index < -0.39 is 5.97 Å². The fourth-order valence-electron chi connectivity index (χ4n) is 0.354. The molecule has 0 aliphatic carbocycles. The number of carbonyl (C=O) groups excluding carboxylic acids is 2. The Morgan fingerprint density at radius 2 is 2.20 bits per heavy atom. The Labute approximate surface area is 59.7 Å². The Kier molecular flexibility index (Phi) is 4.20. The lowest BCUT2D eigenvalue weighted by Gasteiger charge is -1.96. The molecule has 0 aliphatic heterocycles. The fourth-order valence-corrected chi connectivity index (χ4v) is 0.354. The average Bonchev–Trinajstić information content (AvgIpc) is 1.87. The molecule has 0 heterocycles. The summed E-state index contributed by atoms with van der Waals surface area (Å²) in [7, 11) is 0. The zero-order chi connectivity index (χ0) is 7.98. The Morgan fingerprint density at radius 3 is 2.60 bits per heavy atom. The van der Waals surface area contributed by atoms with Crippen molar-refractivity contribution in [2.45, 2.75) is 13.3 Å². The quantitative estimate of drug-likeness (QED) is 0.428. The van der Waals surface area contributed by atoms with E-state index in [9.17, 15) is 9.59 Å². The molecule has 0 saturated heterocycles. The molecule has 3 nitrogen and oxygen atoms in total. The van der Waals surface area contributed by atoms with E-state index in [0.29, 0.717) is 0 Å². The molecule has 0 rings (SSSR count). The van der Waals surface area contributed by atoms with Gasteiger partial charge in [-0.3, -0.25) is 4.79 Å². The van der Waals surface area contributed by atoms with Gasteiger partial charge < -0.3 is 4.74 Å². The highest BCUT2D eigenvalue weighted by atomic mass is 16.5. The van der Waals surface area contributed by atoms with Crippen LogP contribution in [0.4, 0.5) is 0 Å². The summed E-state index contributed by atoms with van der Waals surface area (Å²) in [5, 5.41) is 0. The van der Waals surface area contributed by atoms with Crippen LogP contribution in [0.3, 0.4) is 0 Å². The predicted octanol–water partition coefficient (Wildman–Crippen LogP) is 0.695. The van der Waals surface area contributed by atoms with Gasteiger partial charge in [0.05, 0.1) is 6.61 Å². The van der Waals surface area contributed by atoms with Gasteiger partial charge in [0.25, 0.3) is 0 Å². The summed E-state index contributed by atoms with van der Waals surface area (Å²) in [5.74, 6) is -0.474. The van der Waals surface area contributed by atoms with Gasteiger partial charge in [0, 0.05) is 12.5 Å². The topological polar surface area (TPSA) is 43.4 Å². The van der Waals surface area contributed by atoms with E-state index in [-0.39, 0.29) is 18.8 Å². The molecule has 0 amide bonds. The third kappa shape index (κ3) is 5.03. The van der Waals surface area contributed by atoms with Gasteiger partial charge >= 0.3 is 5.97 Å². The van der Waals surface area contributed by atoms with Gasteiger partial charge in [0.1, 0.15) is 5.78 Å². The van der Waals surface area contributed by atoms with E-state index in [1.165, 1.54) is 6.92 Å². The molecule has 0 unspecified atom stereocenters. The van der Waals surface area contributed by atoms with Crippen molar-refractivity contribution >= 4 is 11.8 Å². The summed E-state index contributed by atoms with van der Waals surface area (Å²) >= 11 is 0. The van der Waals surface area contributed by atoms with Crippen molar-refractivity contribution in [1.29, 1.82) is 0 Å². The van der Waals surface area contributed by atoms with Crippen LogP contribution in [-0.2, 0) is 14.3 Å². The molecule has 10 heavy (non-hydrogen) atoms. The van der Waals surface area contributed by atoms with E-state index in [4.69, 9.17) is 0 Å². The van der Waals surface area contributed by atoms with Gasteiger partial charge in [-0.25, -0.2) is 4.79 Å². The Bertz CT molecular complexity index is 149. The van der Waals surface area contributed by atoms with Crippen LogP contribution in [-0.4, -0.2) is 18.4 Å². The van der Waals surface area contributed by atoms with E-state index in [2.05, 4.69) is 11.3 Å². The summed E-state index contributed by atoms with van der Waals surface area (Å²) in [6.45, 7) is 4.80. The second-order valence-corrected chi connectivity index (χ2v) is 1.82. The molecule has 0 spiro atoms. The molecule has 0 atom stereocenters. The highest BCUT2D eigenvalue weighted by Gasteiger charge is 1.96. The normalized spacial score (nSPS) is 8.50. The minimum atomic E-state index is -0.485. The van der Waals surface area contributed by atoms with Crippen LogP contribution < -0.4 is 0 Å². The minimum absolute atomic E-state index is 0.0110. The van der Waals surface area contributed by atoms with Gasteiger partial charge in [-0.2, -0.15) is 0 Å². The van der Waals surface area contributed by atoms with Crippen molar-refractivity contribution < 1.29 is 14.3 Å². The lowest BCUT2D eigenvalue weighted by atomic mass is 10.3. The Morgan fingerprint density at radius 1 is 1.60 bits per heavy atom. The van der Waals surface area contributed by atoms with Crippen molar-refractivity contribution in [3.8, 4) is 0 Å². The van der Waals surface area contributed by atoms with Gasteiger partial charge in [0.15, 0.2) is 0 Å². The lowest BCUT2D eigenvalue weighted by Crippen LogP contribution is -2.04. The molecular formula is C7H10O3. The van der Waals surface area contributed by atoms with E-state index in [1.807, 2.05) is 0 Å². The number of hydrogen-bond donors (Lipinski definition) is 0. The molecule has 0 aromatic heterocycles. The summed E-state index contributed by atoms with van der Waals surface area (Å²) in [4.78, 5) is 20.6. The van der Waals surface area contributed by atoms with E-state index >= 15 is 0 Å². The molecule has 0 saturated carbocycles. The Balaban J connectivity index is 3.28. The van der Waals surface area contributed by atoms with E-state index in [1.54, 1.807) is 0 Å². The third-order valence-electron chi connectivity index (χ3n) is 0.865. The highest BCUT2D eigenvalue weighted by Crippen LogP contribution is 1.85. The molecule has 0 aromatic rings. The van der Waals surface area contributed by atoms with Crippen LogP contribution >= 0.6 is 0 Å². The number of Topliss-reactive ketones (excluding diaryl/α,β-unsaturated/α-hetero) is 1. The summed E-state index contributed by atoms with van der Waals surface area (Å²) in [6, 6.07) is 0. The van der Waals surface area contributed by atoms with Crippen LogP contribution in [0.1, 0.15) is 13.3 Å². The second-order valence-electron chi connectivity index (χ2n) is 1.82. The van der Waals surface area contributed by atoms with E-state index in [0.717, 1.165) is 6.08 Å². The largest absolute Gasteiger partial charge is 0.462 e. The summed E-state index contributed by atoms with van der Waals surface area (Å²) in [6.07, 6.45) is 1.35. The van der Waals surface area contributed by atoms with Gasteiger partial charge in [-0.05, 0) is 6.92 Å². The first-order valence-electron chi connectivity index (χ1n) is 2.95. The van der Waals surface area contributed by atoms with Crippen LogP contribution in [0.15, 0.2) is 12.7 Å². The predicted molar refractivity (Wildman–Crippen MR) is 36.5 cm³/mol. The number of hydrogen-bond acceptors (Lipinski definition) is 3. The smallest absolute Gasteiger partial charge is 0.330 e. The van der Waals surface area contributed by atoms with Crippen LogP contribution in [0.25, 0.3) is 0 Å². The summed E-state index contributed by atoms with van der Waals surface area (Å²) < 4.78 is 4.52. The Hall–Kier alpha value is -1.12. The minimum Gasteiger partial charge on any atom is -0.462 e. The number of esters is 1. The standard InChI is InChI=1S/C7H10O3/c1-3-7(9)10-5-4-6(2)8/h3H,1,4-5H2,2H3. The van der Waals surface area contributed by atoms with Gasteiger partial charge in [-0.15, -0.1) is 0 Å². The molecule has 3 heteroatoms. The molecular weight excluding hydrogens is 132 g/mol. The second kappa shape index (κ2) is 4.73. The van der Waals surface area contributed by atoms with Crippen molar-refractivity contribution in [3.63, 3.8) is 0 Å². The maximum Gasteiger partial charge on any atom is 0.330 e. The fraction of sp³-hybridized carbons (Fsp3) is 0.429. The zero-order valence-corrected chi connectivity index (χ0v) is 5.92. The molecule has 0 aliphatic rings. The summed E-state index contributed by atoms with van der Waals surface area (Å²) in [5.41, 5.74) is 0. The van der Waals surface area contributed by atoms with Gasteiger partial charge in [-0.1, -0.05) is 6.58 Å². The number of rotatable bonds is 4. The van der Waals surface area contributed by atoms with Crippen LogP contribution in [0, 0.1) is 0 Å². The maximum atomic E-state index is 10.3.